The molecule has 0 bridgehead atoms. The summed E-state index contributed by atoms with van der Waals surface area (Å²) in [5, 5.41) is 12.4. The molecule has 5 rings (SSSR count). The first kappa shape index (κ1) is 28.7. The van der Waals surface area contributed by atoms with E-state index in [0.29, 0.717) is 6.54 Å². The Morgan fingerprint density at radius 1 is 0.756 bits per heavy atom. The smallest absolute Gasteiger partial charge is 0.217 e. The van der Waals surface area contributed by atoms with Gasteiger partial charge in [-0.1, -0.05) is 109 Å². The third kappa shape index (κ3) is 8.35. The summed E-state index contributed by atoms with van der Waals surface area (Å²) in [5.74, 6) is -0.0542. The maximum Gasteiger partial charge on any atom is 0.217 e. The van der Waals surface area contributed by atoms with E-state index >= 15 is 0 Å². The number of nitrogens with one attached hydrogen (secondary N) is 1. The van der Waals surface area contributed by atoms with Crippen molar-refractivity contribution in [2.24, 2.45) is 0 Å². The van der Waals surface area contributed by atoms with Crippen molar-refractivity contribution in [3.05, 3.63) is 143 Å². The van der Waals surface area contributed by atoms with Crippen LogP contribution in [0, 0.1) is 0 Å². The van der Waals surface area contributed by atoms with Crippen LogP contribution in [0.15, 0.2) is 109 Å². The van der Waals surface area contributed by atoms with Gasteiger partial charge in [-0.25, -0.2) is 0 Å². The summed E-state index contributed by atoms with van der Waals surface area (Å²) in [6.45, 7) is 4.39. The normalized spacial score (nSPS) is 18.8. The van der Waals surface area contributed by atoms with Crippen LogP contribution in [0.4, 0.5) is 0 Å². The van der Waals surface area contributed by atoms with Gasteiger partial charge in [-0.05, 0) is 27.8 Å². The fourth-order valence-electron chi connectivity index (χ4n) is 5.21. The Morgan fingerprint density at radius 3 is 1.88 bits per heavy atom. The van der Waals surface area contributed by atoms with Crippen molar-refractivity contribution in [2.45, 2.75) is 58.1 Å². The molecule has 6 heteroatoms. The first-order valence-corrected chi connectivity index (χ1v) is 14.2. The summed E-state index contributed by atoms with van der Waals surface area (Å²) in [6, 6.07) is 37.1. The number of hydrogen-bond donors (Lipinski definition) is 2. The van der Waals surface area contributed by atoms with Gasteiger partial charge in [-0.2, -0.15) is 0 Å². The van der Waals surface area contributed by atoms with Gasteiger partial charge in [0.05, 0.1) is 18.8 Å². The fraction of sp³-hybridized carbons (Fsp3) is 0.286. The maximum absolute atomic E-state index is 11.3. The van der Waals surface area contributed by atoms with Crippen molar-refractivity contribution in [2.75, 3.05) is 6.54 Å². The van der Waals surface area contributed by atoms with Gasteiger partial charge in [0, 0.05) is 45.1 Å². The number of aliphatic hydroxyl groups is 1. The van der Waals surface area contributed by atoms with Crippen LogP contribution >= 0.6 is 0 Å². The summed E-state index contributed by atoms with van der Waals surface area (Å²) < 4.78 is 13.2. The van der Waals surface area contributed by atoms with Gasteiger partial charge < -0.3 is 19.9 Å². The van der Waals surface area contributed by atoms with E-state index in [9.17, 15) is 9.90 Å². The second-order valence-electron chi connectivity index (χ2n) is 10.6. The topological polar surface area (TPSA) is 71.0 Å². The molecule has 0 aromatic heterocycles. The minimum absolute atomic E-state index is 0.0128. The van der Waals surface area contributed by atoms with Crippen LogP contribution in [-0.4, -0.2) is 28.6 Å². The zero-order chi connectivity index (χ0) is 28.4. The molecular weight excluding hydrogens is 512 g/mol. The monoisotopic (exact) mass is 550 g/mol. The molecule has 41 heavy (non-hydrogen) atoms. The van der Waals surface area contributed by atoms with Crippen molar-refractivity contribution in [3.63, 3.8) is 0 Å². The summed E-state index contributed by atoms with van der Waals surface area (Å²) in [4.78, 5) is 13.8. The second kappa shape index (κ2) is 14.2. The van der Waals surface area contributed by atoms with Gasteiger partial charge in [0.1, 0.15) is 0 Å². The maximum atomic E-state index is 11.3. The molecule has 1 amide bonds. The molecule has 1 aliphatic heterocycles. The third-order valence-corrected chi connectivity index (χ3v) is 7.37. The van der Waals surface area contributed by atoms with E-state index in [1.807, 2.05) is 60.7 Å². The van der Waals surface area contributed by atoms with Crippen molar-refractivity contribution in [1.29, 1.82) is 0 Å². The number of carbonyl (C=O) groups excluding carboxylic acids is 1. The molecule has 6 nitrogen and oxygen atoms in total. The van der Waals surface area contributed by atoms with E-state index in [4.69, 9.17) is 9.47 Å². The van der Waals surface area contributed by atoms with E-state index < -0.39 is 6.29 Å². The summed E-state index contributed by atoms with van der Waals surface area (Å²) in [5.41, 5.74) is 6.43. The van der Waals surface area contributed by atoms with Crippen LogP contribution < -0.4 is 5.32 Å². The van der Waals surface area contributed by atoms with Crippen molar-refractivity contribution in [3.8, 4) is 0 Å². The molecule has 0 spiro atoms. The standard InChI is InChI=1S/C35H38N2O4/c1-26(39)36-21-27-12-18-32(19-13-27)35-40-33(20-34(41-35)31-16-14-30(25-38)15-17-31)24-37(22-28-8-4-2-5-9-28)23-29-10-6-3-7-11-29/h2-19,33-35,38H,20-25H2,1H3,(H,36,39)/t33-,34+,35+/m0/s1. The van der Waals surface area contributed by atoms with Crippen molar-refractivity contribution < 1.29 is 19.4 Å². The molecule has 0 unspecified atom stereocenters. The Kier molecular flexibility index (Phi) is 9.94. The Balaban J connectivity index is 1.38. The average Bonchev–Trinajstić information content (AvgIpc) is 3.01. The van der Waals surface area contributed by atoms with E-state index in [0.717, 1.165) is 48.3 Å². The highest BCUT2D eigenvalue weighted by atomic mass is 16.7. The number of benzene rings is 4. The molecular formula is C35H38N2O4. The van der Waals surface area contributed by atoms with Crippen LogP contribution in [0.25, 0.3) is 0 Å². The quantitative estimate of drug-likeness (QED) is 0.238. The van der Waals surface area contributed by atoms with Gasteiger partial charge in [0.15, 0.2) is 6.29 Å². The van der Waals surface area contributed by atoms with E-state index in [2.05, 4.69) is 58.7 Å². The molecule has 212 valence electrons. The Hall–Kier alpha value is -3.81. The number of hydrogen-bond acceptors (Lipinski definition) is 5. The lowest BCUT2D eigenvalue weighted by atomic mass is 9.99. The zero-order valence-electron chi connectivity index (χ0n) is 23.5. The molecule has 1 fully saturated rings. The first-order valence-electron chi connectivity index (χ1n) is 14.2. The summed E-state index contributed by atoms with van der Waals surface area (Å²) in [6.07, 6.45) is -0.0275. The molecule has 4 aromatic rings. The summed E-state index contributed by atoms with van der Waals surface area (Å²) in [7, 11) is 0. The molecule has 0 aliphatic carbocycles. The third-order valence-electron chi connectivity index (χ3n) is 7.37. The number of amides is 1. The van der Waals surface area contributed by atoms with Crippen molar-refractivity contribution >= 4 is 5.91 Å². The van der Waals surface area contributed by atoms with Gasteiger partial charge in [-0.3, -0.25) is 9.69 Å². The molecule has 4 aromatic carbocycles. The van der Waals surface area contributed by atoms with Gasteiger partial charge in [0.25, 0.3) is 0 Å². The fourth-order valence-corrected chi connectivity index (χ4v) is 5.21. The Bertz CT molecular complexity index is 1320. The number of ether oxygens (including phenoxy) is 2. The predicted octanol–water partition coefficient (Wildman–Crippen LogP) is 6.06. The van der Waals surface area contributed by atoms with Gasteiger partial charge in [0.2, 0.25) is 5.91 Å². The molecule has 3 atom stereocenters. The molecule has 1 saturated heterocycles. The van der Waals surface area contributed by atoms with Crippen LogP contribution in [0.5, 0.6) is 0 Å². The number of aliphatic hydroxyl groups excluding tert-OH is 1. The van der Waals surface area contributed by atoms with Gasteiger partial charge in [-0.15, -0.1) is 0 Å². The van der Waals surface area contributed by atoms with Crippen LogP contribution in [0.2, 0.25) is 0 Å². The average molecular weight is 551 g/mol. The lowest BCUT2D eigenvalue weighted by Crippen LogP contribution is -2.39. The lowest BCUT2D eigenvalue weighted by molar-refractivity contribution is -0.253. The van der Waals surface area contributed by atoms with Crippen LogP contribution in [-0.2, 0) is 40.5 Å². The van der Waals surface area contributed by atoms with Gasteiger partial charge >= 0.3 is 0 Å². The van der Waals surface area contributed by atoms with Crippen LogP contribution in [0.3, 0.4) is 0 Å². The highest BCUT2D eigenvalue weighted by molar-refractivity contribution is 5.72. The Labute approximate surface area is 242 Å². The molecule has 1 aliphatic rings. The largest absolute Gasteiger partial charge is 0.392 e. The minimum atomic E-state index is -0.526. The van der Waals surface area contributed by atoms with E-state index in [1.54, 1.807) is 0 Å². The van der Waals surface area contributed by atoms with E-state index in [-0.39, 0.29) is 24.7 Å². The second-order valence-corrected chi connectivity index (χ2v) is 10.6. The number of nitrogens with zero attached hydrogens (tertiary/aromatic N) is 1. The molecule has 0 radical (unpaired) electrons. The predicted molar refractivity (Wildman–Crippen MR) is 159 cm³/mol. The highest BCUT2D eigenvalue weighted by Gasteiger charge is 2.33. The SMILES string of the molecule is CC(=O)NCc1ccc([C@@H]2O[C@H](CN(Cc3ccccc3)Cc3ccccc3)C[C@H](c3ccc(CO)cc3)O2)cc1. The minimum Gasteiger partial charge on any atom is -0.392 e. The molecule has 1 heterocycles. The van der Waals surface area contributed by atoms with Crippen LogP contribution in [0.1, 0.15) is 59.1 Å². The first-order chi connectivity index (χ1) is 20.1. The highest BCUT2D eigenvalue weighted by Crippen LogP contribution is 2.38. The summed E-state index contributed by atoms with van der Waals surface area (Å²) >= 11 is 0. The number of carbonyl (C=O) groups is 1. The van der Waals surface area contributed by atoms with Crippen molar-refractivity contribution in [1.82, 2.24) is 10.2 Å². The zero-order valence-corrected chi connectivity index (χ0v) is 23.5. The molecule has 0 saturated carbocycles. The Morgan fingerprint density at radius 2 is 1.32 bits per heavy atom. The lowest BCUT2D eigenvalue weighted by Gasteiger charge is -2.38. The number of rotatable bonds is 11. The molecule has 2 N–H and O–H groups in total. The van der Waals surface area contributed by atoms with E-state index in [1.165, 1.54) is 18.1 Å².